The molecule has 0 saturated heterocycles. The molecule has 1 heterocycles. The predicted molar refractivity (Wildman–Crippen MR) is 77.7 cm³/mol. The first-order valence-corrected chi connectivity index (χ1v) is 7.12. The number of hydrogen-bond donors (Lipinski definition) is 2. The molecule has 0 bridgehead atoms. The Kier molecular flexibility index (Phi) is 3.33. The molecule has 1 fully saturated rings. The highest BCUT2D eigenvalue weighted by Gasteiger charge is 2.23. The molecular weight excluding hydrogens is 277 g/mol. The summed E-state index contributed by atoms with van der Waals surface area (Å²) in [6.07, 6.45) is 3.54. The van der Waals surface area contributed by atoms with Crippen LogP contribution in [0.2, 0.25) is 0 Å². The van der Waals surface area contributed by atoms with Gasteiger partial charge in [0.25, 0.3) is 5.91 Å². The van der Waals surface area contributed by atoms with Crippen LogP contribution in [0.25, 0.3) is 11.0 Å². The quantitative estimate of drug-likeness (QED) is 0.850. The van der Waals surface area contributed by atoms with E-state index in [0.29, 0.717) is 27.9 Å². The van der Waals surface area contributed by atoms with Crippen molar-refractivity contribution in [2.45, 2.75) is 19.3 Å². The van der Waals surface area contributed by atoms with Gasteiger partial charge < -0.3 is 14.9 Å². The molecule has 1 saturated carbocycles. The van der Waals surface area contributed by atoms with Crippen LogP contribution in [0, 0.1) is 16.5 Å². The summed E-state index contributed by atoms with van der Waals surface area (Å²) in [5.41, 5.74) is 1.42. The van der Waals surface area contributed by atoms with Crippen molar-refractivity contribution in [1.29, 1.82) is 0 Å². The molecule has 0 atom stereocenters. The van der Waals surface area contributed by atoms with E-state index in [0.717, 1.165) is 12.3 Å². The third-order valence-corrected chi connectivity index (χ3v) is 3.94. The van der Waals surface area contributed by atoms with Crippen molar-refractivity contribution in [3.05, 3.63) is 28.3 Å². The summed E-state index contributed by atoms with van der Waals surface area (Å²) in [7, 11) is 1.75. The van der Waals surface area contributed by atoms with E-state index in [2.05, 4.69) is 9.97 Å². The third kappa shape index (κ3) is 2.60. The molecule has 106 valence electrons. The van der Waals surface area contributed by atoms with Crippen molar-refractivity contribution < 1.29 is 9.18 Å². The second-order valence-electron chi connectivity index (χ2n) is 5.41. The molecule has 6 heteroatoms. The van der Waals surface area contributed by atoms with Gasteiger partial charge in [-0.15, -0.1) is 0 Å². The summed E-state index contributed by atoms with van der Waals surface area (Å²) in [6, 6.07) is 2.60. The van der Waals surface area contributed by atoms with Crippen molar-refractivity contribution in [3.63, 3.8) is 0 Å². The Morgan fingerprint density at radius 3 is 2.90 bits per heavy atom. The van der Waals surface area contributed by atoms with Gasteiger partial charge in [0.05, 0.1) is 16.6 Å². The van der Waals surface area contributed by atoms with Crippen LogP contribution in [0.3, 0.4) is 0 Å². The molecule has 1 aliphatic rings. The fraction of sp³-hybridized carbons (Fsp3) is 0.429. The van der Waals surface area contributed by atoms with Crippen molar-refractivity contribution >= 4 is 29.2 Å². The van der Waals surface area contributed by atoms with Crippen molar-refractivity contribution in [2.75, 3.05) is 13.6 Å². The smallest absolute Gasteiger partial charge is 0.255 e. The topological polar surface area (TPSA) is 51.9 Å². The molecule has 1 aromatic heterocycles. The van der Waals surface area contributed by atoms with Gasteiger partial charge in [0.1, 0.15) is 5.82 Å². The number of halogens is 1. The molecule has 0 aliphatic heterocycles. The molecule has 1 aromatic carbocycles. The standard InChI is InChI=1S/C14H16FN3OS/c1-18(5-4-8-2-3-8)13(19)10-6-9(15)7-11-12(10)17-14(20)16-11/h6-8H,2-5H2,1H3,(H2,16,17,20). The molecular formula is C14H16FN3OS. The van der Waals surface area contributed by atoms with E-state index in [1.165, 1.54) is 25.0 Å². The number of H-pyrrole nitrogens is 2. The first-order valence-electron chi connectivity index (χ1n) is 6.71. The molecule has 3 rings (SSSR count). The number of carbonyl (C=O) groups excluding carboxylic acids is 1. The zero-order valence-corrected chi connectivity index (χ0v) is 12.0. The molecule has 2 N–H and O–H groups in total. The average molecular weight is 293 g/mol. The summed E-state index contributed by atoms with van der Waals surface area (Å²) in [5, 5.41) is 0. The fourth-order valence-corrected chi connectivity index (χ4v) is 2.58. The lowest BCUT2D eigenvalue weighted by Gasteiger charge is -2.17. The number of carbonyl (C=O) groups is 1. The minimum absolute atomic E-state index is 0.180. The van der Waals surface area contributed by atoms with Crippen LogP contribution in [0.15, 0.2) is 12.1 Å². The van der Waals surface area contributed by atoms with E-state index in [-0.39, 0.29) is 5.91 Å². The summed E-state index contributed by atoms with van der Waals surface area (Å²) >= 11 is 5.00. The highest BCUT2D eigenvalue weighted by molar-refractivity contribution is 7.71. The minimum atomic E-state index is -0.443. The summed E-state index contributed by atoms with van der Waals surface area (Å²) in [6.45, 7) is 0.701. The van der Waals surface area contributed by atoms with Crippen LogP contribution in [-0.4, -0.2) is 34.4 Å². The Labute approximate surface area is 121 Å². The highest BCUT2D eigenvalue weighted by Crippen LogP contribution is 2.32. The van der Waals surface area contributed by atoms with Crippen LogP contribution < -0.4 is 0 Å². The first kappa shape index (κ1) is 13.3. The van der Waals surface area contributed by atoms with E-state index in [4.69, 9.17) is 12.2 Å². The number of imidazole rings is 1. The predicted octanol–water partition coefficient (Wildman–Crippen LogP) is 3.24. The maximum absolute atomic E-state index is 13.6. The lowest BCUT2D eigenvalue weighted by atomic mass is 10.1. The second kappa shape index (κ2) is 5.01. The van der Waals surface area contributed by atoms with Crippen LogP contribution in [0.1, 0.15) is 29.6 Å². The minimum Gasteiger partial charge on any atom is -0.342 e. The Morgan fingerprint density at radius 2 is 2.20 bits per heavy atom. The largest absolute Gasteiger partial charge is 0.342 e. The monoisotopic (exact) mass is 293 g/mol. The number of nitrogens with one attached hydrogen (secondary N) is 2. The van der Waals surface area contributed by atoms with Gasteiger partial charge in [0.15, 0.2) is 4.77 Å². The van der Waals surface area contributed by atoms with Crippen molar-refractivity contribution in [3.8, 4) is 0 Å². The maximum atomic E-state index is 13.6. The van der Waals surface area contributed by atoms with Gasteiger partial charge in [-0.25, -0.2) is 4.39 Å². The average Bonchev–Trinajstić information content (AvgIpc) is 3.15. The van der Waals surface area contributed by atoms with Gasteiger partial charge >= 0.3 is 0 Å². The molecule has 20 heavy (non-hydrogen) atoms. The first-order chi connectivity index (χ1) is 9.54. The lowest BCUT2D eigenvalue weighted by Crippen LogP contribution is -2.28. The van der Waals surface area contributed by atoms with Crippen LogP contribution in [0.5, 0.6) is 0 Å². The summed E-state index contributed by atoms with van der Waals surface area (Å²) < 4.78 is 14.0. The van der Waals surface area contributed by atoms with Crippen molar-refractivity contribution in [1.82, 2.24) is 14.9 Å². The number of rotatable bonds is 4. The highest BCUT2D eigenvalue weighted by atomic mass is 32.1. The lowest BCUT2D eigenvalue weighted by molar-refractivity contribution is 0.0793. The van der Waals surface area contributed by atoms with E-state index < -0.39 is 5.82 Å². The van der Waals surface area contributed by atoms with Gasteiger partial charge in [-0.1, -0.05) is 12.8 Å². The number of benzene rings is 1. The zero-order chi connectivity index (χ0) is 14.3. The van der Waals surface area contributed by atoms with E-state index in [1.807, 2.05) is 0 Å². The molecule has 0 radical (unpaired) electrons. The van der Waals surface area contributed by atoms with Gasteiger partial charge in [-0.2, -0.15) is 0 Å². The molecule has 2 aromatic rings. The van der Waals surface area contributed by atoms with Crippen molar-refractivity contribution in [2.24, 2.45) is 5.92 Å². The Morgan fingerprint density at radius 1 is 1.45 bits per heavy atom. The van der Waals surface area contributed by atoms with Gasteiger partial charge in [-0.3, -0.25) is 4.79 Å². The van der Waals surface area contributed by atoms with E-state index >= 15 is 0 Å². The number of aromatic amines is 2. The molecule has 4 nitrogen and oxygen atoms in total. The van der Waals surface area contributed by atoms with Gasteiger partial charge in [0.2, 0.25) is 0 Å². The molecule has 0 unspecified atom stereocenters. The molecule has 1 amide bonds. The maximum Gasteiger partial charge on any atom is 0.255 e. The number of aromatic nitrogens is 2. The van der Waals surface area contributed by atoms with E-state index in [9.17, 15) is 9.18 Å². The third-order valence-electron chi connectivity index (χ3n) is 3.74. The van der Waals surface area contributed by atoms with E-state index in [1.54, 1.807) is 11.9 Å². The Balaban J connectivity index is 1.90. The number of amides is 1. The Bertz CT molecular complexity index is 717. The second-order valence-corrected chi connectivity index (χ2v) is 5.82. The number of fused-ring (bicyclic) bond motifs is 1. The normalized spacial score (nSPS) is 14.7. The summed E-state index contributed by atoms with van der Waals surface area (Å²) in [5.74, 6) is 0.137. The van der Waals surface area contributed by atoms with Gasteiger partial charge in [-0.05, 0) is 36.7 Å². The van der Waals surface area contributed by atoms with Crippen LogP contribution in [-0.2, 0) is 0 Å². The SMILES string of the molecule is CN(CCC1CC1)C(=O)c1cc(F)cc2[nH]c(=S)[nH]c12. The zero-order valence-electron chi connectivity index (χ0n) is 11.2. The van der Waals surface area contributed by atoms with Crippen LogP contribution in [0.4, 0.5) is 4.39 Å². The molecule has 1 aliphatic carbocycles. The fourth-order valence-electron chi connectivity index (χ4n) is 2.37. The van der Waals surface area contributed by atoms with Gasteiger partial charge in [0, 0.05) is 13.6 Å². The summed E-state index contributed by atoms with van der Waals surface area (Å²) in [4.78, 5) is 19.8. The number of hydrogen-bond acceptors (Lipinski definition) is 2. The Hall–Kier alpha value is -1.69. The molecule has 0 spiro atoms. The number of nitrogens with zero attached hydrogens (tertiary/aromatic N) is 1. The van der Waals surface area contributed by atoms with Crippen LogP contribution >= 0.6 is 12.2 Å².